The third-order valence-corrected chi connectivity index (χ3v) is 2.63. The summed E-state index contributed by atoms with van der Waals surface area (Å²) < 4.78 is 1.73. The minimum absolute atomic E-state index is 0.0487. The van der Waals surface area contributed by atoms with E-state index in [1.165, 1.54) is 6.33 Å². The van der Waals surface area contributed by atoms with Gasteiger partial charge < -0.3 is 0 Å². The molecule has 0 saturated carbocycles. The van der Waals surface area contributed by atoms with E-state index < -0.39 is 0 Å². The van der Waals surface area contributed by atoms with E-state index in [9.17, 15) is 4.79 Å². The van der Waals surface area contributed by atoms with Crippen molar-refractivity contribution in [3.63, 3.8) is 0 Å². The van der Waals surface area contributed by atoms with Crippen molar-refractivity contribution in [3.8, 4) is 0 Å². The van der Waals surface area contributed by atoms with Gasteiger partial charge in [-0.3, -0.25) is 9.78 Å². The molecule has 88 valence electrons. The molecule has 0 amide bonds. The molecule has 0 aliphatic rings. The van der Waals surface area contributed by atoms with E-state index in [0.29, 0.717) is 11.4 Å². The lowest BCUT2D eigenvalue weighted by Crippen LogP contribution is -2.11. The summed E-state index contributed by atoms with van der Waals surface area (Å²) in [6, 6.07) is 1.74. The molecule has 0 saturated heterocycles. The molecule has 0 aliphatic heterocycles. The first-order valence-electron chi connectivity index (χ1n) is 5.53. The average molecular weight is 230 g/mol. The summed E-state index contributed by atoms with van der Waals surface area (Å²) in [5, 5.41) is 4.04. The van der Waals surface area contributed by atoms with Crippen molar-refractivity contribution in [1.82, 2.24) is 19.7 Å². The zero-order chi connectivity index (χ0) is 12.3. The van der Waals surface area contributed by atoms with Gasteiger partial charge in [0.25, 0.3) is 0 Å². The van der Waals surface area contributed by atoms with E-state index in [2.05, 4.69) is 15.1 Å². The van der Waals surface area contributed by atoms with Gasteiger partial charge in [-0.2, -0.15) is 5.10 Å². The zero-order valence-electron chi connectivity index (χ0n) is 9.92. The lowest BCUT2D eigenvalue weighted by Gasteiger charge is -2.04. The Kier molecular flexibility index (Phi) is 3.27. The number of carbonyl (C=O) groups is 1. The molecular weight excluding hydrogens is 216 g/mol. The van der Waals surface area contributed by atoms with Crippen LogP contribution in [0.5, 0.6) is 0 Å². The third kappa shape index (κ3) is 2.38. The van der Waals surface area contributed by atoms with E-state index in [0.717, 1.165) is 12.1 Å². The molecule has 0 atom stereocenters. The highest BCUT2D eigenvalue weighted by Gasteiger charge is 2.13. The number of aryl methyl sites for hydroxylation is 2. The Morgan fingerprint density at radius 2 is 2.29 bits per heavy atom. The predicted octanol–water partition coefficient (Wildman–Crippen LogP) is 1.43. The molecule has 2 aromatic heterocycles. The van der Waals surface area contributed by atoms with E-state index in [1.54, 1.807) is 23.1 Å². The monoisotopic (exact) mass is 230 g/mol. The van der Waals surface area contributed by atoms with Crippen LogP contribution in [0.3, 0.4) is 0 Å². The highest BCUT2D eigenvalue weighted by atomic mass is 16.1. The molecule has 2 aromatic rings. The number of hydrogen-bond acceptors (Lipinski definition) is 4. The smallest absolute Gasteiger partial charge is 0.170 e. The summed E-state index contributed by atoms with van der Waals surface area (Å²) in [6.45, 7) is 4.57. The van der Waals surface area contributed by atoms with Crippen LogP contribution in [0.1, 0.15) is 28.7 Å². The van der Waals surface area contributed by atoms with E-state index in [4.69, 9.17) is 0 Å². The quantitative estimate of drug-likeness (QED) is 0.745. The summed E-state index contributed by atoms with van der Waals surface area (Å²) in [7, 11) is 0. The van der Waals surface area contributed by atoms with Crippen LogP contribution in [-0.4, -0.2) is 25.5 Å². The topological polar surface area (TPSA) is 60.7 Å². The number of nitrogens with zero attached hydrogens (tertiary/aromatic N) is 4. The SMILES string of the molecule is CCn1ncnc1CC(=O)c1ccncc1C. The second-order valence-corrected chi connectivity index (χ2v) is 3.78. The van der Waals surface area contributed by atoms with Crippen molar-refractivity contribution in [2.75, 3.05) is 0 Å². The van der Waals surface area contributed by atoms with Gasteiger partial charge in [0.2, 0.25) is 0 Å². The van der Waals surface area contributed by atoms with Crippen molar-refractivity contribution >= 4 is 5.78 Å². The second kappa shape index (κ2) is 4.86. The molecule has 0 unspecified atom stereocenters. The fraction of sp³-hybridized carbons (Fsp3) is 0.333. The molecule has 5 nitrogen and oxygen atoms in total. The number of hydrogen-bond donors (Lipinski definition) is 0. The van der Waals surface area contributed by atoms with Crippen LogP contribution in [0, 0.1) is 6.92 Å². The van der Waals surface area contributed by atoms with Crippen LogP contribution < -0.4 is 0 Å². The third-order valence-electron chi connectivity index (χ3n) is 2.63. The van der Waals surface area contributed by atoms with Crippen molar-refractivity contribution < 1.29 is 4.79 Å². The molecule has 17 heavy (non-hydrogen) atoms. The molecule has 2 rings (SSSR count). The van der Waals surface area contributed by atoms with Gasteiger partial charge in [0, 0.05) is 24.5 Å². The number of pyridine rings is 1. The number of Topliss-reactive ketones (excluding diaryl/α,β-unsaturated/α-hetero) is 1. The normalized spacial score (nSPS) is 10.5. The minimum Gasteiger partial charge on any atom is -0.294 e. The van der Waals surface area contributed by atoms with E-state index >= 15 is 0 Å². The molecule has 0 spiro atoms. The highest BCUT2D eigenvalue weighted by molar-refractivity contribution is 5.98. The van der Waals surface area contributed by atoms with Gasteiger partial charge in [-0.05, 0) is 25.5 Å². The zero-order valence-corrected chi connectivity index (χ0v) is 9.92. The maximum Gasteiger partial charge on any atom is 0.170 e. The van der Waals surface area contributed by atoms with Crippen LogP contribution >= 0.6 is 0 Å². The van der Waals surface area contributed by atoms with Gasteiger partial charge in [-0.1, -0.05) is 0 Å². The van der Waals surface area contributed by atoms with Crippen molar-refractivity contribution in [3.05, 3.63) is 41.7 Å². The lowest BCUT2D eigenvalue weighted by molar-refractivity contribution is 0.0988. The van der Waals surface area contributed by atoms with Gasteiger partial charge in [-0.15, -0.1) is 0 Å². The van der Waals surface area contributed by atoms with Gasteiger partial charge >= 0.3 is 0 Å². The molecule has 0 bridgehead atoms. The van der Waals surface area contributed by atoms with Crippen molar-refractivity contribution in [2.45, 2.75) is 26.8 Å². The standard InChI is InChI=1S/C12H14N4O/c1-3-16-12(14-8-15-16)6-11(17)10-4-5-13-7-9(10)2/h4-5,7-8H,3,6H2,1-2H3. The Labute approximate surface area is 99.5 Å². The summed E-state index contributed by atoms with van der Waals surface area (Å²) in [6.07, 6.45) is 5.08. The number of aromatic nitrogens is 4. The Balaban J connectivity index is 2.20. The first kappa shape index (κ1) is 11.4. The summed E-state index contributed by atoms with van der Waals surface area (Å²) >= 11 is 0. The Hall–Kier alpha value is -2.04. The Morgan fingerprint density at radius 1 is 1.47 bits per heavy atom. The fourth-order valence-electron chi connectivity index (χ4n) is 1.71. The van der Waals surface area contributed by atoms with Crippen LogP contribution in [-0.2, 0) is 13.0 Å². The maximum absolute atomic E-state index is 12.1. The van der Waals surface area contributed by atoms with Crippen LogP contribution in [0.2, 0.25) is 0 Å². The molecule has 0 fully saturated rings. The van der Waals surface area contributed by atoms with E-state index in [1.807, 2.05) is 13.8 Å². The van der Waals surface area contributed by atoms with Gasteiger partial charge in [0.15, 0.2) is 5.78 Å². The maximum atomic E-state index is 12.1. The molecule has 0 aliphatic carbocycles. The van der Waals surface area contributed by atoms with Crippen LogP contribution in [0.15, 0.2) is 24.8 Å². The number of rotatable bonds is 4. The molecule has 0 aromatic carbocycles. The average Bonchev–Trinajstić information content (AvgIpc) is 2.76. The summed E-state index contributed by atoms with van der Waals surface area (Å²) in [5.41, 5.74) is 1.59. The lowest BCUT2D eigenvalue weighted by atomic mass is 10.1. The van der Waals surface area contributed by atoms with Gasteiger partial charge in [-0.25, -0.2) is 9.67 Å². The Bertz CT molecular complexity index is 533. The second-order valence-electron chi connectivity index (χ2n) is 3.78. The largest absolute Gasteiger partial charge is 0.294 e. The summed E-state index contributed by atoms with van der Waals surface area (Å²) in [5.74, 6) is 0.751. The molecule has 0 radical (unpaired) electrons. The molecule has 2 heterocycles. The first-order chi connectivity index (χ1) is 8.22. The van der Waals surface area contributed by atoms with Gasteiger partial charge in [0.05, 0.1) is 6.42 Å². The molecule has 5 heteroatoms. The predicted molar refractivity (Wildman–Crippen MR) is 62.7 cm³/mol. The first-order valence-corrected chi connectivity index (χ1v) is 5.53. The van der Waals surface area contributed by atoms with Gasteiger partial charge in [0.1, 0.15) is 12.2 Å². The van der Waals surface area contributed by atoms with Crippen molar-refractivity contribution in [1.29, 1.82) is 0 Å². The Morgan fingerprint density at radius 3 is 3.00 bits per heavy atom. The number of ketones is 1. The number of carbonyl (C=O) groups excluding carboxylic acids is 1. The van der Waals surface area contributed by atoms with Crippen LogP contribution in [0.25, 0.3) is 0 Å². The molecular formula is C12H14N4O. The van der Waals surface area contributed by atoms with Crippen LogP contribution in [0.4, 0.5) is 0 Å². The summed E-state index contributed by atoms with van der Waals surface area (Å²) in [4.78, 5) is 20.2. The minimum atomic E-state index is 0.0487. The highest BCUT2D eigenvalue weighted by Crippen LogP contribution is 2.09. The fourth-order valence-corrected chi connectivity index (χ4v) is 1.71. The molecule has 0 N–H and O–H groups in total. The van der Waals surface area contributed by atoms with E-state index in [-0.39, 0.29) is 12.2 Å². The van der Waals surface area contributed by atoms with Crippen molar-refractivity contribution in [2.24, 2.45) is 0 Å².